The number of amides is 1. The molecule has 1 atom stereocenters. The third-order valence-electron chi connectivity index (χ3n) is 5.63. The zero-order valence-corrected chi connectivity index (χ0v) is 18.6. The molecular formula is C25H21Cl2NO4. The van der Waals surface area contributed by atoms with Gasteiger partial charge in [-0.2, -0.15) is 0 Å². The molecule has 1 aliphatic rings. The molecule has 1 unspecified atom stereocenters. The summed E-state index contributed by atoms with van der Waals surface area (Å²) in [6.45, 7) is 0.173. The van der Waals surface area contributed by atoms with Crippen molar-refractivity contribution in [2.24, 2.45) is 0 Å². The highest BCUT2D eigenvalue weighted by Gasteiger charge is 2.29. The summed E-state index contributed by atoms with van der Waals surface area (Å²) in [6, 6.07) is 20.6. The van der Waals surface area contributed by atoms with Gasteiger partial charge in [0, 0.05) is 12.3 Å². The fraction of sp³-hybridized carbons (Fsp3) is 0.200. The van der Waals surface area contributed by atoms with Gasteiger partial charge in [-0.15, -0.1) is 0 Å². The van der Waals surface area contributed by atoms with Crippen molar-refractivity contribution in [3.05, 3.63) is 93.5 Å². The van der Waals surface area contributed by atoms with Crippen LogP contribution in [0.5, 0.6) is 0 Å². The van der Waals surface area contributed by atoms with Crippen molar-refractivity contribution in [2.45, 2.75) is 24.8 Å². The molecule has 0 aromatic heterocycles. The van der Waals surface area contributed by atoms with Crippen LogP contribution < -0.4 is 5.32 Å². The van der Waals surface area contributed by atoms with Gasteiger partial charge in [-0.1, -0.05) is 77.8 Å². The van der Waals surface area contributed by atoms with Gasteiger partial charge in [0.2, 0.25) is 0 Å². The van der Waals surface area contributed by atoms with Gasteiger partial charge in [0.1, 0.15) is 6.61 Å². The molecule has 0 spiro atoms. The fourth-order valence-corrected chi connectivity index (χ4v) is 4.41. The highest BCUT2D eigenvalue weighted by molar-refractivity contribution is 6.42. The number of hydrogen-bond donors (Lipinski definition) is 2. The second kappa shape index (κ2) is 9.63. The maximum Gasteiger partial charge on any atom is 0.407 e. The number of aliphatic carboxylic acids is 1. The van der Waals surface area contributed by atoms with E-state index in [9.17, 15) is 9.59 Å². The molecule has 0 bridgehead atoms. The van der Waals surface area contributed by atoms with Gasteiger partial charge < -0.3 is 15.2 Å². The van der Waals surface area contributed by atoms with Gasteiger partial charge in [-0.25, -0.2) is 4.79 Å². The Morgan fingerprint density at radius 1 is 0.938 bits per heavy atom. The Morgan fingerprint density at radius 2 is 1.56 bits per heavy atom. The normalized spacial score (nSPS) is 13.2. The Labute approximate surface area is 195 Å². The predicted octanol–water partition coefficient (Wildman–Crippen LogP) is 6.44. The lowest BCUT2D eigenvalue weighted by Gasteiger charge is -2.20. The van der Waals surface area contributed by atoms with Crippen LogP contribution in [0.4, 0.5) is 4.79 Å². The summed E-state index contributed by atoms with van der Waals surface area (Å²) in [5.74, 6) is -1.01. The van der Waals surface area contributed by atoms with Gasteiger partial charge >= 0.3 is 12.1 Å². The summed E-state index contributed by atoms with van der Waals surface area (Å²) in [7, 11) is 0. The Morgan fingerprint density at radius 3 is 2.16 bits per heavy atom. The topological polar surface area (TPSA) is 75.6 Å². The zero-order valence-electron chi connectivity index (χ0n) is 17.1. The van der Waals surface area contributed by atoms with Crippen molar-refractivity contribution in [3.63, 3.8) is 0 Å². The number of carbonyl (C=O) groups excluding carboxylic acids is 1. The highest BCUT2D eigenvalue weighted by Crippen LogP contribution is 2.44. The first-order valence-corrected chi connectivity index (χ1v) is 11.0. The molecule has 4 rings (SSSR count). The Bertz CT molecular complexity index is 1120. The molecule has 0 fully saturated rings. The zero-order chi connectivity index (χ0) is 22.7. The van der Waals surface area contributed by atoms with E-state index in [-0.39, 0.29) is 25.4 Å². The van der Waals surface area contributed by atoms with Gasteiger partial charge in [-0.05, 0) is 46.4 Å². The molecule has 1 amide bonds. The SMILES string of the molecule is O=C(O)CCC(NC(=O)OCC1c2ccccc2-c2ccccc21)c1ccc(Cl)c(Cl)c1. The number of carboxylic acid groups (broad SMARTS) is 1. The van der Waals surface area contributed by atoms with E-state index >= 15 is 0 Å². The van der Waals surface area contributed by atoms with E-state index in [1.54, 1.807) is 18.2 Å². The quantitative estimate of drug-likeness (QED) is 0.417. The maximum absolute atomic E-state index is 12.7. The summed E-state index contributed by atoms with van der Waals surface area (Å²) in [5.41, 5.74) is 5.19. The van der Waals surface area contributed by atoms with Gasteiger partial charge in [0.05, 0.1) is 16.1 Å². The number of carboxylic acids is 1. The van der Waals surface area contributed by atoms with Crippen LogP contribution in [-0.2, 0) is 9.53 Å². The molecule has 1 aliphatic carbocycles. The third kappa shape index (κ3) is 4.74. The highest BCUT2D eigenvalue weighted by atomic mass is 35.5. The van der Waals surface area contributed by atoms with Crippen LogP contribution in [0.1, 0.15) is 41.5 Å². The molecule has 164 valence electrons. The van der Waals surface area contributed by atoms with Gasteiger partial charge in [0.25, 0.3) is 0 Å². The van der Waals surface area contributed by atoms with E-state index in [2.05, 4.69) is 17.4 Å². The average molecular weight is 470 g/mol. The smallest absolute Gasteiger partial charge is 0.407 e. The first-order chi connectivity index (χ1) is 15.4. The minimum atomic E-state index is -0.954. The molecule has 7 heteroatoms. The minimum absolute atomic E-state index is 0.0596. The van der Waals surface area contributed by atoms with Crippen molar-refractivity contribution < 1.29 is 19.4 Å². The Kier molecular flexibility index (Phi) is 6.68. The van der Waals surface area contributed by atoms with Gasteiger partial charge in [-0.3, -0.25) is 4.79 Å². The van der Waals surface area contributed by atoms with E-state index in [0.717, 1.165) is 22.3 Å². The lowest BCUT2D eigenvalue weighted by Crippen LogP contribution is -2.30. The predicted molar refractivity (Wildman–Crippen MR) is 124 cm³/mol. The van der Waals surface area contributed by atoms with E-state index < -0.39 is 18.1 Å². The van der Waals surface area contributed by atoms with Crippen LogP contribution >= 0.6 is 23.2 Å². The summed E-state index contributed by atoms with van der Waals surface area (Å²) in [6.07, 6.45) is -0.542. The van der Waals surface area contributed by atoms with Crippen molar-refractivity contribution in [1.82, 2.24) is 5.32 Å². The van der Waals surface area contributed by atoms with Crippen molar-refractivity contribution >= 4 is 35.3 Å². The summed E-state index contributed by atoms with van der Waals surface area (Å²) < 4.78 is 5.60. The second-order valence-electron chi connectivity index (χ2n) is 7.63. The number of carbonyl (C=O) groups is 2. The van der Waals surface area contributed by atoms with Crippen molar-refractivity contribution in [3.8, 4) is 11.1 Å². The minimum Gasteiger partial charge on any atom is -0.481 e. The summed E-state index contributed by atoms with van der Waals surface area (Å²) in [5, 5.41) is 12.6. The standard InChI is InChI=1S/C25H21Cl2NO4/c26-21-10-9-15(13-22(21)27)23(11-12-24(29)30)28-25(31)32-14-20-18-7-3-1-5-16(18)17-6-2-4-8-19(17)20/h1-10,13,20,23H,11-12,14H2,(H,28,31)(H,29,30). The first kappa shape index (κ1) is 22.2. The molecule has 3 aromatic carbocycles. The Hall–Kier alpha value is -3.02. The van der Waals surface area contributed by atoms with E-state index in [0.29, 0.717) is 15.6 Å². The van der Waals surface area contributed by atoms with Crippen LogP contribution in [0.3, 0.4) is 0 Å². The second-order valence-corrected chi connectivity index (χ2v) is 8.44. The molecule has 0 heterocycles. The maximum atomic E-state index is 12.7. The van der Waals surface area contributed by atoms with Crippen LogP contribution in [0, 0.1) is 0 Å². The van der Waals surface area contributed by atoms with E-state index in [1.807, 2.05) is 36.4 Å². The molecule has 32 heavy (non-hydrogen) atoms. The van der Waals surface area contributed by atoms with E-state index in [4.69, 9.17) is 33.0 Å². The largest absolute Gasteiger partial charge is 0.481 e. The molecule has 5 nitrogen and oxygen atoms in total. The monoisotopic (exact) mass is 469 g/mol. The average Bonchev–Trinajstić information content (AvgIpc) is 3.11. The number of benzene rings is 3. The van der Waals surface area contributed by atoms with Gasteiger partial charge in [0.15, 0.2) is 0 Å². The number of hydrogen-bond acceptors (Lipinski definition) is 3. The van der Waals surface area contributed by atoms with Crippen molar-refractivity contribution in [2.75, 3.05) is 6.61 Å². The van der Waals surface area contributed by atoms with Crippen LogP contribution in [-0.4, -0.2) is 23.8 Å². The molecule has 2 N–H and O–H groups in total. The number of halogens is 2. The molecule has 0 saturated heterocycles. The molecular weight excluding hydrogens is 449 g/mol. The molecule has 3 aromatic rings. The molecule has 0 aliphatic heterocycles. The summed E-state index contributed by atoms with van der Waals surface area (Å²) in [4.78, 5) is 23.7. The lowest BCUT2D eigenvalue weighted by atomic mass is 9.98. The van der Waals surface area contributed by atoms with Crippen molar-refractivity contribution in [1.29, 1.82) is 0 Å². The number of nitrogens with one attached hydrogen (secondary N) is 1. The first-order valence-electron chi connectivity index (χ1n) is 10.2. The number of fused-ring (bicyclic) bond motifs is 3. The fourth-order valence-electron chi connectivity index (χ4n) is 4.10. The molecule has 0 radical (unpaired) electrons. The van der Waals surface area contributed by atoms with E-state index in [1.165, 1.54) is 0 Å². The molecule has 0 saturated carbocycles. The van der Waals surface area contributed by atoms with Crippen LogP contribution in [0.25, 0.3) is 11.1 Å². The summed E-state index contributed by atoms with van der Waals surface area (Å²) >= 11 is 12.1. The number of rotatable bonds is 7. The number of alkyl carbamates (subject to hydrolysis) is 1. The van der Waals surface area contributed by atoms with Crippen LogP contribution in [0.15, 0.2) is 66.7 Å². The third-order valence-corrected chi connectivity index (χ3v) is 6.37. The lowest BCUT2D eigenvalue weighted by molar-refractivity contribution is -0.137. The number of ether oxygens (including phenoxy) is 1. The Balaban J connectivity index is 1.48. The van der Waals surface area contributed by atoms with Crippen LogP contribution in [0.2, 0.25) is 10.0 Å².